The van der Waals surface area contributed by atoms with Crippen LogP contribution in [0.5, 0.6) is 0 Å². The lowest BCUT2D eigenvalue weighted by Crippen LogP contribution is -2.04. The summed E-state index contributed by atoms with van der Waals surface area (Å²) in [5.74, 6) is -0.582. The highest BCUT2D eigenvalue weighted by molar-refractivity contribution is 6.04. The summed E-state index contributed by atoms with van der Waals surface area (Å²) in [6, 6.07) is 3.91. The summed E-state index contributed by atoms with van der Waals surface area (Å²) >= 11 is 0. The van der Waals surface area contributed by atoms with Crippen molar-refractivity contribution in [3.05, 3.63) is 34.5 Å². The molecule has 4 nitrogen and oxygen atoms in total. The quantitative estimate of drug-likeness (QED) is 0.900. The summed E-state index contributed by atoms with van der Waals surface area (Å²) in [6.07, 6.45) is 0.768. The minimum absolute atomic E-state index is 0.295. The molecule has 108 valence electrons. The van der Waals surface area contributed by atoms with Gasteiger partial charge in [0.05, 0.1) is 11.1 Å². The van der Waals surface area contributed by atoms with Gasteiger partial charge >= 0.3 is 5.97 Å². The lowest BCUT2D eigenvalue weighted by Gasteiger charge is -2.10. The molecule has 4 heteroatoms. The van der Waals surface area contributed by atoms with Crippen LogP contribution in [0.25, 0.3) is 10.9 Å². The summed E-state index contributed by atoms with van der Waals surface area (Å²) in [5, 5.41) is 10.5. The van der Waals surface area contributed by atoms with Crippen molar-refractivity contribution in [3.63, 3.8) is 0 Å². The fourth-order valence-electron chi connectivity index (χ4n) is 2.77. The van der Waals surface area contributed by atoms with E-state index in [-0.39, 0.29) is 0 Å². The van der Waals surface area contributed by atoms with Crippen LogP contribution in [-0.2, 0) is 13.5 Å². The van der Waals surface area contributed by atoms with Crippen molar-refractivity contribution in [2.24, 2.45) is 12.8 Å². The lowest BCUT2D eigenvalue weighted by atomic mass is 9.96. The maximum absolute atomic E-state index is 11.6. The molecule has 1 heterocycles. The van der Waals surface area contributed by atoms with Crippen molar-refractivity contribution in [1.82, 2.24) is 4.57 Å². The van der Waals surface area contributed by atoms with Crippen LogP contribution in [0.3, 0.4) is 0 Å². The highest BCUT2D eigenvalue weighted by atomic mass is 16.4. The first kappa shape index (κ1) is 14.6. The van der Waals surface area contributed by atoms with Gasteiger partial charge in [0.1, 0.15) is 0 Å². The van der Waals surface area contributed by atoms with E-state index in [1.54, 1.807) is 6.07 Å². The zero-order valence-electron chi connectivity index (χ0n) is 12.5. The molecular formula is C16H22N2O2. The molecule has 0 unspecified atom stereocenters. The van der Waals surface area contributed by atoms with Crippen molar-refractivity contribution >= 4 is 16.9 Å². The van der Waals surface area contributed by atoms with Gasteiger partial charge in [0.25, 0.3) is 0 Å². The maximum atomic E-state index is 11.6. The molecule has 2 aromatic rings. The summed E-state index contributed by atoms with van der Waals surface area (Å²) in [5.41, 5.74) is 10.2. The molecule has 2 rings (SSSR count). The summed E-state index contributed by atoms with van der Waals surface area (Å²) < 4.78 is 1.97. The Labute approximate surface area is 119 Å². The zero-order valence-corrected chi connectivity index (χ0v) is 12.5. The normalized spacial score (nSPS) is 11.5. The van der Waals surface area contributed by atoms with Crippen molar-refractivity contribution < 1.29 is 9.90 Å². The SMILES string of the molecule is Cc1c(CCN)c2cc(C(C)C)cc(C(=O)O)c2n1C. The Balaban J connectivity index is 2.89. The molecule has 0 radical (unpaired) electrons. The minimum atomic E-state index is -0.877. The zero-order chi connectivity index (χ0) is 15.0. The van der Waals surface area contributed by atoms with Crippen LogP contribution in [0.2, 0.25) is 0 Å². The fourth-order valence-corrected chi connectivity index (χ4v) is 2.77. The standard InChI is InChI=1S/C16H22N2O2/c1-9(2)11-7-13-12(5-6-17)10(3)18(4)15(13)14(8-11)16(19)20/h7-9H,5-6,17H2,1-4H3,(H,19,20). The van der Waals surface area contributed by atoms with Gasteiger partial charge in [-0.15, -0.1) is 0 Å². The van der Waals surface area contributed by atoms with Crippen LogP contribution in [0.4, 0.5) is 0 Å². The van der Waals surface area contributed by atoms with E-state index in [2.05, 4.69) is 19.9 Å². The number of nitrogens with zero attached hydrogens (tertiary/aromatic N) is 1. The number of hydrogen-bond acceptors (Lipinski definition) is 2. The third kappa shape index (κ3) is 2.20. The largest absolute Gasteiger partial charge is 0.478 e. The molecular weight excluding hydrogens is 252 g/mol. The van der Waals surface area contributed by atoms with Crippen LogP contribution in [0.15, 0.2) is 12.1 Å². The Morgan fingerprint density at radius 1 is 1.40 bits per heavy atom. The Hall–Kier alpha value is -1.81. The van der Waals surface area contributed by atoms with Gasteiger partial charge in [-0.05, 0) is 49.1 Å². The first-order valence-electron chi connectivity index (χ1n) is 6.93. The van der Waals surface area contributed by atoms with Crippen LogP contribution in [0, 0.1) is 6.92 Å². The van der Waals surface area contributed by atoms with Crippen molar-refractivity contribution in [3.8, 4) is 0 Å². The molecule has 0 amide bonds. The number of aromatic carboxylic acids is 1. The third-order valence-electron chi connectivity index (χ3n) is 4.02. The molecule has 0 aliphatic rings. The third-order valence-corrected chi connectivity index (χ3v) is 4.02. The summed E-state index contributed by atoms with van der Waals surface area (Å²) in [6.45, 7) is 6.73. The fraction of sp³-hybridized carbons (Fsp3) is 0.438. The molecule has 1 aromatic heterocycles. The molecule has 0 aliphatic carbocycles. The number of hydrogen-bond donors (Lipinski definition) is 2. The number of carboxylic acid groups (broad SMARTS) is 1. The van der Waals surface area contributed by atoms with Crippen LogP contribution >= 0.6 is 0 Å². The predicted molar refractivity (Wildman–Crippen MR) is 81.5 cm³/mol. The Kier molecular flexibility index (Phi) is 3.86. The highest BCUT2D eigenvalue weighted by Crippen LogP contribution is 2.31. The second-order valence-corrected chi connectivity index (χ2v) is 5.59. The van der Waals surface area contributed by atoms with Gasteiger partial charge in [0.15, 0.2) is 0 Å². The van der Waals surface area contributed by atoms with E-state index in [0.29, 0.717) is 18.0 Å². The molecule has 0 fully saturated rings. The smallest absolute Gasteiger partial charge is 0.337 e. The molecule has 0 bridgehead atoms. The lowest BCUT2D eigenvalue weighted by molar-refractivity contribution is 0.0698. The van der Waals surface area contributed by atoms with Gasteiger partial charge in [-0.2, -0.15) is 0 Å². The summed E-state index contributed by atoms with van der Waals surface area (Å²) in [4.78, 5) is 11.6. The predicted octanol–water partition coefficient (Wildman–Crippen LogP) is 2.81. The van der Waals surface area contributed by atoms with E-state index in [4.69, 9.17) is 5.73 Å². The van der Waals surface area contributed by atoms with E-state index in [0.717, 1.165) is 34.1 Å². The van der Waals surface area contributed by atoms with E-state index in [1.807, 2.05) is 18.5 Å². The van der Waals surface area contributed by atoms with Gasteiger partial charge in [-0.3, -0.25) is 0 Å². The number of rotatable bonds is 4. The number of carboxylic acids is 1. The molecule has 3 N–H and O–H groups in total. The second-order valence-electron chi connectivity index (χ2n) is 5.59. The van der Waals surface area contributed by atoms with E-state index in [1.165, 1.54) is 0 Å². The van der Waals surface area contributed by atoms with E-state index >= 15 is 0 Å². The van der Waals surface area contributed by atoms with Crippen LogP contribution in [0.1, 0.15) is 46.9 Å². The Bertz CT molecular complexity index is 669. The van der Waals surface area contributed by atoms with Gasteiger partial charge in [-0.1, -0.05) is 13.8 Å². The summed E-state index contributed by atoms with van der Waals surface area (Å²) in [7, 11) is 1.92. The topological polar surface area (TPSA) is 68.2 Å². The van der Waals surface area contributed by atoms with Crippen LogP contribution < -0.4 is 5.73 Å². The number of aryl methyl sites for hydroxylation is 1. The Morgan fingerprint density at radius 2 is 2.05 bits per heavy atom. The average molecular weight is 274 g/mol. The first-order valence-corrected chi connectivity index (χ1v) is 6.93. The number of fused-ring (bicyclic) bond motifs is 1. The van der Waals surface area contributed by atoms with Gasteiger partial charge < -0.3 is 15.4 Å². The molecule has 20 heavy (non-hydrogen) atoms. The van der Waals surface area contributed by atoms with E-state index in [9.17, 15) is 9.90 Å². The molecule has 0 spiro atoms. The van der Waals surface area contributed by atoms with Crippen molar-refractivity contribution in [2.75, 3.05) is 6.54 Å². The molecule has 0 saturated heterocycles. The first-order chi connectivity index (χ1) is 9.38. The number of carbonyl (C=O) groups is 1. The van der Waals surface area contributed by atoms with Crippen molar-refractivity contribution in [2.45, 2.75) is 33.1 Å². The second kappa shape index (κ2) is 5.29. The molecule has 0 saturated carbocycles. The number of nitrogens with two attached hydrogens (primary N) is 1. The molecule has 0 aliphatic heterocycles. The minimum Gasteiger partial charge on any atom is -0.478 e. The van der Waals surface area contributed by atoms with E-state index < -0.39 is 5.97 Å². The van der Waals surface area contributed by atoms with Crippen LogP contribution in [-0.4, -0.2) is 22.2 Å². The van der Waals surface area contributed by atoms with Crippen molar-refractivity contribution in [1.29, 1.82) is 0 Å². The van der Waals surface area contributed by atoms with Gasteiger partial charge in [0.2, 0.25) is 0 Å². The van der Waals surface area contributed by atoms with Gasteiger partial charge in [0, 0.05) is 18.1 Å². The average Bonchev–Trinajstić information content (AvgIpc) is 2.63. The maximum Gasteiger partial charge on any atom is 0.337 e. The monoisotopic (exact) mass is 274 g/mol. The number of benzene rings is 1. The Morgan fingerprint density at radius 3 is 2.55 bits per heavy atom. The molecule has 1 aromatic carbocycles. The molecule has 0 atom stereocenters. The highest BCUT2D eigenvalue weighted by Gasteiger charge is 2.19. The number of aromatic nitrogens is 1. The van der Waals surface area contributed by atoms with Gasteiger partial charge in [-0.25, -0.2) is 4.79 Å².